The van der Waals surface area contributed by atoms with Gasteiger partial charge in [0, 0.05) is 30.6 Å². The molecule has 0 radical (unpaired) electrons. The lowest BCUT2D eigenvalue weighted by Crippen LogP contribution is -2.37. The molecule has 0 bridgehead atoms. The molecule has 0 saturated carbocycles. The van der Waals surface area contributed by atoms with Crippen LogP contribution >= 0.6 is 11.3 Å². The van der Waals surface area contributed by atoms with Gasteiger partial charge in [-0.3, -0.25) is 4.90 Å². The number of nitrogens with zero attached hydrogens (tertiary/aromatic N) is 1. The van der Waals surface area contributed by atoms with E-state index < -0.39 is 17.5 Å². The molecule has 2 N–H and O–H groups in total. The summed E-state index contributed by atoms with van der Waals surface area (Å²) in [5.41, 5.74) is 7.40. The molecule has 1 aromatic carbocycles. The van der Waals surface area contributed by atoms with Crippen LogP contribution in [0.3, 0.4) is 0 Å². The Morgan fingerprint density at radius 3 is 2.62 bits per heavy atom. The summed E-state index contributed by atoms with van der Waals surface area (Å²) in [6.07, 6.45) is 0.898. The predicted molar refractivity (Wildman–Crippen MR) is 76.5 cm³/mol. The molecule has 112 valence electrons. The summed E-state index contributed by atoms with van der Waals surface area (Å²) in [5.74, 6) is -3.78. The summed E-state index contributed by atoms with van der Waals surface area (Å²) in [5, 5.41) is 2.04. The molecule has 21 heavy (non-hydrogen) atoms. The molecule has 1 aliphatic heterocycles. The SMILES string of the molecule is NCC(c1cc(F)c(F)c(F)c1)N1CCc2sccc2C1. The maximum atomic E-state index is 13.4. The van der Waals surface area contributed by atoms with Crippen molar-refractivity contribution in [2.24, 2.45) is 5.73 Å². The summed E-state index contributed by atoms with van der Waals surface area (Å²) in [6.45, 7) is 1.70. The molecule has 0 aliphatic carbocycles. The monoisotopic (exact) mass is 312 g/mol. The molecule has 0 amide bonds. The maximum absolute atomic E-state index is 13.4. The van der Waals surface area contributed by atoms with Crippen molar-refractivity contribution >= 4 is 11.3 Å². The Labute approximate surface area is 125 Å². The Morgan fingerprint density at radius 2 is 1.95 bits per heavy atom. The minimum absolute atomic E-state index is 0.226. The molecule has 1 aromatic heterocycles. The van der Waals surface area contributed by atoms with Crippen LogP contribution in [0.25, 0.3) is 0 Å². The van der Waals surface area contributed by atoms with Crippen LogP contribution in [0.15, 0.2) is 23.6 Å². The van der Waals surface area contributed by atoms with Gasteiger partial charge in [0.1, 0.15) is 0 Å². The third-order valence-corrected chi connectivity index (χ3v) is 4.92. The number of benzene rings is 1. The Bertz CT molecular complexity index is 633. The smallest absolute Gasteiger partial charge is 0.194 e. The van der Waals surface area contributed by atoms with Crippen molar-refractivity contribution in [1.29, 1.82) is 0 Å². The zero-order chi connectivity index (χ0) is 15.0. The van der Waals surface area contributed by atoms with Gasteiger partial charge in [-0.25, -0.2) is 13.2 Å². The van der Waals surface area contributed by atoms with Crippen molar-refractivity contribution in [3.05, 3.63) is 57.0 Å². The second kappa shape index (κ2) is 5.79. The van der Waals surface area contributed by atoms with E-state index in [0.717, 1.165) is 25.1 Å². The van der Waals surface area contributed by atoms with Crippen molar-refractivity contribution in [3.8, 4) is 0 Å². The van der Waals surface area contributed by atoms with Gasteiger partial charge in [-0.15, -0.1) is 11.3 Å². The van der Waals surface area contributed by atoms with E-state index >= 15 is 0 Å². The molecule has 1 aliphatic rings. The van der Waals surface area contributed by atoms with Crippen LogP contribution in [-0.4, -0.2) is 18.0 Å². The third kappa shape index (κ3) is 2.71. The van der Waals surface area contributed by atoms with Crippen molar-refractivity contribution in [3.63, 3.8) is 0 Å². The topological polar surface area (TPSA) is 29.3 Å². The highest BCUT2D eigenvalue weighted by molar-refractivity contribution is 7.10. The lowest BCUT2D eigenvalue weighted by Gasteiger charge is -2.34. The zero-order valence-electron chi connectivity index (χ0n) is 11.3. The lowest BCUT2D eigenvalue weighted by molar-refractivity contribution is 0.184. The Hall–Kier alpha value is -1.37. The quantitative estimate of drug-likeness (QED) is 0.882. The number of nitrogens with two attached hydrogens (primary N) is 1. The molecule has 1 unspecified atom stereocenters. The van der Waals surface area contributed by atoms with E-state index in [-0.39, 0.29) is 12.6 Å². The van der Waals surface area contributed by atoms with Gasteiger partial charge in [-0.1, -0.05) is 0 Å². The van der Waals surface area contributed by atoms with E-state index in [1.165, 1.54) is 10.4 Å². The summed E-state index contributed by atoms with van der Waals surface area (Å²) < 4.78 is 39.9. The lowest BCUT2D eigenvalue weighted by atomic mass is 10.0. The van der Waals surface area contributed by atoms with E-state index in [1.54, 1.807) is 11.3 Å². The molecule has 0 fully saturated rings. The van der Waals surface area contributed by atoms with Crippen LogP contribution in [0.2, 0.25) is 0 Å². The van der Waals surface area contributed by atoms with Gasteiger partial charge in [-0.2, -0.15) is 0 Å². The third-order valence-electron chi connectivity index (χ3n) is 3.89. The van der Waals surface area contributed by atoms with E-state index in [1.807, 2.05) is 5.38 Å². The van der Waals surface area contributed by atoms with Crippen molar-refractivity contribution in [1.82, 2.24) is 4.90 Å². The van der Waals surface area contributed by atoms with Gasteiger partial charge in [0.25, 0.3) is 0 Å². The first-order chi connectivity index (χ1) is 10.1. The highest BCUT2D eigenvalue weighted by Crippen LogP contribution is 2.30. The molecule has 2 heterocycles. The number of rotatable bonds is 3. The van der Waals surface area contributed by atoms with Gasteiger partial charge in [-0.05, 0) is 41.1 Å². The highest BCUT2D eigenvalue weighted by atomic mass is 32.1. The average molecular weight is 312 g/mol. The summed E-state index contributed by atoms with van der Waals surface area (Å²) >= 11 is 1.72. The first-order valence-corrected chi connectivity index (χ1v) is 7.62. The van der Waals surface area contributed by atoms with Gasteiger partial charge >= 0.3 is 0 Å². The van der Waals surface area contributed by atoms with Gasteiger partial charge < -0.3 is 5.73 Å². The van der Waals surface area contributed by atoms with Crippen molar-refractivity contribution in [2.45, 2.75) is 19.0 Å². The molecule has 0 spiro atoms. The Morgan fingerprint density at radius 1 is 1.24 bits per heavy atom. The first kappa shape index (κ1) is 14.6. The largest absolute Gasteiger partial charge is 0.329 e. The van der Waals surface area contributed by atoms with Crippen LogP contribution in [0, 0.1) is 17.5 Å². The van der Waals surface area contributed by atoms with Crippen LogP contribution < -0.4 is 5.73 Å². The van der Waals surface area contributed by atoms with Crippen molar-refractivity contribution in [2.75, 3.05) is 13.1 Å². The molecule has 0 saturated heterocycles. The number of hydrogen-bond donors (Lipinski definition) is 1. The van der Waals surface area contributed by atoms with Gasteiger partial charge in [0.2, 0.25) is 0 Å². The second-order valence-corrected chi connectivity index (χ2v) is 6.14. The average Bonchev–Trinajstić information content (AvgIpc) is 2.93. The van der Waals surface area contributed by atoms with E-state index in [2.05, 4.69) is 11.0 Å². The Balaban J connectivity index is 1.89. The number of halogens is 3. The minimum atomic E-state index is -1.44. The van der Waals surface area contributed by atoms with Crippen LogP contribution in [0.5, 0.6) is 0 Å². The maximum Gasteiger partial charge on any atom is 0.194 e. The summed E-state index contributed by atoms with van der Waals surface area (Å²) in [4.78, 5) is 3.43. The summed E-state index contributed by atoms with van der Waals surface area (Å²) in [6, 6.07) is 3.83. The van der Waals surface area contributed by atoms with Gasteiger partial charge in [0.05, 0.1) is 0 Å². The number of fused-ring (bicyclic) bond motifs is 1. The molecular formula is C15H15F3N2S. The molecule has 2 aromatic rings. The van der Waals surface area contributed by atoms with E-state index in [0.29, 0.717) is 12.1 Å². The normalized spacial score (nSPS) is 16.8. The molecule has 1 atom stereocenters. The fourth-order valence-corrected chi connectivity index (χ4v) is 3.69. The summed E-state index contributed by atoms with van der Waals surface area (Å²) in [7, 11) is 0. The van der Waals surface area contributed by atoms with Crippen LogP contribution in [0.4, 0.5) is 13.2 Å². The zero-order valence-corrected chi connectivity index (χ0v) is 12.1. The molecule has 6 heteroatoms. The Kier molecular flexibility index (Phi) is 4.01. The second-order valence-electron chi connectivity index (χ2n) is 5.14. The molecule has 3 rings (SSSR count). The van der Waals surface area contributed by atoms with Crippen LogP contribution in [-0.2, 0) is 13.0 Å². The minimum Gasteiger partial charge on any atom is -0.329 e. The van der Waals surface area contributed by atoms with E-state index in [9.17, 15) is 13.2 Å². The van der Waals surface area contributed by atoms with Gasteiger partial charge in [0.15, 0.2) is 17.5 Å². The fourth-order valence-electron chi connectivity index (χ4n) is 2.80. The van der Waals surface area contributed by atoms with Crippen LogP contribution in [0.1, 0.15) is 22.0 Å². The standard InChI is InChI=1S/C15H15F3N2S/c16-11-5-10(6-12(17)15(11)18)13(7-19)20-3-1-14-9(8-20)2-4-21-14/h2,4-6,13H,1,3,7-8,19H2. The molecular weight excluding hydrogens is 297 g/mol. The van der Waals surface area contributed by atoms with Crippen molar-refractivity contribution < 1.29 is 13.2 Å². The molecule has 2 nitrogen and oxygen atoms in total. The fraction of sp³-hybridized carbons (Fsp3) is 0.333. The highest BCUT2D eigenvalue weighted by Gasteiger charge is 2.26. The first-order valence-electron chi connectivity index (χ1n) is 6.74. The predicted octanol–water partition coefficient (Wildman–Crippen LogP) is 3.22. The number of thiophene rings is 1. The van der Waals surface area contributed by atoms with E-state index in [4.69, 9.17) is 5.73 Å². The number of hydrogen-bond acceptors (Lipinski definition) is 3.